The summed E-state index contributed by atoms with van der Waals surface area (Å²) in [5.74, 6) is -0.324. The van der Waals surface area contributed by atoms with Crippen molar-refractivity contribution in [1.82, 2.24) is 14.8 Å². The normalized spacial score (nSPS) is 23.2. The van der Waals surface area contributed by atoms with Crippen LogP contribution in [0.4, 0.5) is 4.39 Å². The van der Waals surface area contributed by atoms with Crippen LogP contribution in [0.3, 0.4) is 0 Å². The van der Waals surface area contributed by atoms with Gasteiger partial charge in [-0.3, -0.25) is 9.59 Å². The molecule has 1 N–H and O–H groups in total. The van der Waals surface area contributed by atoms with Crippen LogP contribution in [0.2, 0.25) is 0 Å². The Bertz CT molecular complexity index is 920. The predicted molar refractivity (Wildman–Crippen MR) is 102 cm³/mol. The van der Waals surface area contributed by atoms with Crippen LogP contribution in [-0.2, 0) is 4.79 Å². The lowest BCUT2D eigenvalue weighted by molar-refractivity contribution is -0.147. The molecular weight excluding hydrogens is 345 g/mol. The van der Waals surface area contributed by atoms with Gasteiger partial charge in [-0.1, -0.05) is 12.1 Å². The van der Waals surface area contributed by atoms with Gasteiger partial charge in [0.15, 0.2) is 0 Å². The van der Waals surface area contributed by atoms with E-state index in [-0.39, 0.29) is 23.7 Å². The van der Waals surface area contributed by atoms with Crippen molar-refractivity contribution in [2.75, 3.05) is 19.6 Å². The Morgan fingerprint density at radius 3 is 2.74 bits per heavy atom. The molecule has 3 heterocycles. The molecule has 1 aromatic carbocycles. The summed E-state index contributed by atoms with van der Waals surface area (Å²) in [5, 5.41) is 0.729. The summed E-state index contributed by atoms with van der Waals surface area (Å²) in [6.07, 6.45) is 2.51. The fourth-order valence-corrected chi connectivity index (χ4v) is 4.71. The number of amides is 2. The molecule has 2 aromatic rings. The molecule has 144 valence electrons. The molecule has 0 radical (unpaired) electrons. The minimum atomic E-state index is -0.455. The average molecular weight is 371 g/mol. The van der Waals surface area contributed by atoms with Crippen molar-refractivity contribution in [2.24, 2.45) is 5.41 Å². The molecule has 0 unspecified atom stereocenters. The van der Waals surface area contributed by atoms with E-state index in [4.69, 9.17) is 0 Å². The summed E-state index contributed by atoms with van der Waals surface area (Å²) in [7, 11) is 0. The van der Waals surface area contributed by atoms with Crippen LogP contribution >= 0.6 is 0 Å². The quantitative estimate of drug-likeness (QED) is 0.879. The number of para-hydroxylation sites is 1. The van der Waals surface area contributed by atoms with Gasteiger partial charge in [-0.2, -0.15) is 0 Å². The zero-order valence-electron chi connectivity index (χ0n) is 16.1. The molecule has 2 aliphatic rings. The first-order valence-electron chi connectivity index (χ1n) is 9.71. The van der Waals surface area contributed by atoms with Crippen LogP contribution in [0.5, 0.6) is 0 Å². The highest BCUT2D eigenvalue weighted by Crippen LogP contribution is 2.41. The SMILES string of the molecule is Cc1c(C(=O)N2CC[C@@]3(CCCN(C(C)C)C3=O)C2)[nH]c2c(F)cccc12. The number of H-pyrrole nitrogens is 1. The smallest absolute Gasteiger partial charge is 0.270 e. The van der Waals surface area contributed by atoms with Crippen LogP contribution in [0.25, 0.3) is 10.9 Å². The Balaban J connectivity index is 1.61. The van der Waals surface area contributed by atoms with Crippen molar-refractivity contribution in [2.45, 2.75) is 46.1 Å². The lowest BCUT2D eigenvalue weighted by atomic mass is 9.78. The summed E-state index contributed by atoms with van der Waals surface area (Å²) >= 11 is 0. The van der Waals surface area contributed by atoms with E-state index >= 15 is 0 Å². The summed E-state index contributed by atoms with van der Waals surface area (Å²) in [5.41, 5.74) is 1.10. The molecule has 2 saturated heterocycles. The van der Waals surface area contributed by atoms with Gasteiger partial charge >= 0.3 is 0 Å². The van der Waals surface area contributed by atoms with Gasteiger partial charge in [-0.25, -0.2) is 4.39 Å². The van der Waals surface area contributed by atoms with E-state index in [0.29, 0.717) is 30.7 Å². The van der Waals surface area contributed by atoms with Crippen molar-refractivity contribution >= 4 is 22.7 Å². The second-order valence-corrected chi connectivity index (χ2v) is 8.24. The van der Waals surface area contributed by atoms with Crippen LogP contribution in [0, 0.1) is 18.2 Å². The van der Waals surface area contributed by atoms with Gasteiger partial charge in [0.05, 0.1) is 10.9 Å². The number of halogens is 1. The Morgan fingerprint density at radius 1 is 1.26 bits per heavy atom. The summed E-state index contributed by atoms with van der Waals surface area (Å²) in [4.78, 5) is 32.9. The predicted octanol–water partition coefficient (Wildman–Crippen LogP) is 3.48. The van der Waals surface area contributed by atoms with Crippen LogP contribution in [0.1, 0.15) is 49.2 Å². The molecule has 1 aromatic heterocycles. The number of nitrogens with one attached hydrogen (secondary N) is 1. The summed E-state index contributed by atoms with van der Waals surface area (Å²) in [6, 6.07) is 5.04. The molecule has 4 rings (SSSR count). The van der Waals surface area contributed by atoms with E-state index < -0.39 is 5.41 Å². The van der Waals surface area contributed by atoms with Gasteiger partial charge in [0, 0.05) is 31.1 Å². The molecule has 27 heavy (non-hydrogen) atoms. The van der Waals surface area contributed by atoms with Gasteiger partial charge in [-0.15, -0.1) is 0 Å². The van der Waals surface area contributed by atoms with Crippen LogP contribution < -0.4 is 0 Å². The first-order valence-corrected chi connectivity index (χ1v) is 9.71. The monoisotopic (exact) mass is 371 g/mol. The standard InChI is InChI=1S/C21H26FN3O2/c1-13(2)25-10-5-8-21(20(25)27)9-11-24(12-21)19(26)17-14(3)15-6-4-7-16(22)18(15)23-17/h4,6-7,13,23H,5,8-12H2,1-3H3/t21-/m0/s1. The van der Waals surface area contributed by atoms with E-state index in [9.17, 15) is 14.0 Å². The molecule has 1 spiro atoms. The number of aromatic amines is 1. The molecule has 5 nitrogen and oxygen atoms in total. The molecule has 2 fully saturated rings. The van der Waals surface area contributed by atoms with Crippen LogP contribution in [-0.4, -0.2) is 52.3 Å². The fraction of sp³-hybridized carbons (Fsp3) is 0.524. The number of nitrogens with zero attached hydrogens (tertiary/aromatic N) is 2. The first-order chi connectivity index (χ1) is 12.8. The molecule has 0 aliphatic carbocycles. The maximum Gasteiger partial charge on any atom is 0.270 e. The zero-order valence-corrected chi connectivity index (χ0v) is 16.1. The second-order valence-electron chi connectivity index (χ2n) is 8.24. The maximum absolute atomic E-state index is 14.1. The minimum Gasteiger partial charge on any atom is -0.348 e. The second kappa shape index (κ2) is 6.36. The number of carbonyl (C=O) groups excluding carboxylic acids is 2. The average Bonchev–Trinajstić information content (AvgIpc) is 3.21. The largest absolute Gasteiger partial charge is 0.348 e. The fourth-order valence-electron chi connectivity index (χ4n) is 4.71. The topological polar surface area (TPSA) is 56.4 Å². The summed E-state index contributed by atoms with van der Waals surface area (Å²) in [6.45, 7) is 7.73. The molecule has 2 amide bonds. The number of likely N-dealkylation sites (tertiary alicyclic amines) is 2. The number of hydrogen-bond donors (Lipinski definition) is 1. The van der Waals surface area contributed by atoms with Gasteiger partial charge in [-0.05, 0) is 51.7 Å². The highest BCUT2D eigenvalue weighted by Gasteiger charge is 2.50. The molecule has 2 aliphatic heterocycles. The van der Waals surface area contributed by atoms with E-state index in [1.165, 1.54) is 6.07 Å². The Hall–Kier alpha value is -2.37. The Kier molecular flexibility index (Phi) is 4.24. The number of hydrogen-bond acceptors (Lipinski definition) is 2. The number of benzene rings is 1. The third-order valence-electron chi connectivity index (χ3n) is 6.29. The molecule has 6 heteroatoms. The number of carbonyl (C=O) groups is 2. The first kappa shape index (κ1) is 18.0. The molecule has 0 bridgehead atoms. The summed E-state index contributed by atoms with van der Waals surface area (Å²) < 4.78 is 14.1. The van der Waals surface area contributed by atoms with Crippen molar-refractivity contribution < 1.29 is 14.0 Å². The Morgan fingerprint density at radius 2 is 2.04 bits per heavy atom. The van der Waals surface area contributed by atoms with Gasteiger partial charge in [0.25, 0.3) is 5.91 Å². The van der Waals surface area contributed by atoms with E-state index in [1.54, 1.807) is 11.0 Å². The van der Waals surface area contributed by atoms with Crippen molar-refractivity contribution in [3.8, 4) is 0 Å². The number of aryl methyl sites for hydroxylation is 1. The number of fused-ring (bicyclic) bond motifs is 1. The van der Waals surface area contributed by atoms with E-state index in [2.05, 4.69) is 4.98 Å². The number of piperidine rings is 1. The Labute approximate surface area is 158 Å². The number of aromatic nitrogens is 1. The van der Waals surface area contributed by atoms with Crippen molar-refractivity contribution in [3.05, 3.63) is 35.3 Å². The van der Waals surface area contributed by atoms with Gasteiger partial charge < -0.3 is 14.8 Å². The lowest BCUT2D eigenvalue weighted by Crippen LogP contribution is -2.52. The van der Waals surface area contributed by atoms with Gasteiger partial charge in [0.1, 0.15) is 11.5 Å². The highest BCUT2D eigenvalue weighted by atomic mass is 19.1. The lowest BCUT2D eigenvalue weighted by Gasteiger charge is -2.41. The zero-order chi connectivity index (χ0) is 19.3. The third kappa shape index (κ3) is 2.73. The van der Waals surface area contributed by atoms with E-state index in [0.717, 1.165) is 30.3 Å². The maximum atomic E-state index is 14.1. The molecule has 0 saturated carbocycles. The minimum absolute atomic E-state index is 0.144. The number of rotatable bonds is 2. The molecule has 1 atom stereocenters. The highest BCUT2D eigenvalue weighted by molar-refractivity contribution is 6.01. The van der Waals surface area contributed by atoms with E-state index in [1.807, 2.05) is 31.7 Å². The van der Waals surface area contributed by atoms with Crippen molar-refractivity contribution in [3.63, 3.8) is 0 Å². The van der Waals surface area contributed by atoms with Crippen LogP contribution in [0.15, 0.2) is 18.2 Å². The molecular formula is C21H26FN3O2. The van der Waals surface area contributed by atoms with Gasteiger partial charge in [0.2, 0.25) is 5.91 Å². The van der Waals surface area contributed by atoms with Crippen molar-refractivity contribution in [1.29, 1.82) is 0 Å². The third-order valence-corrected chi connectivity index (χ3v) is 6.29.